The van der Waals surface area contributed by atoms with E-state index in [0.717, 1.165) is 23.1 Å². The zero-order valence-electron chi connectivity index (χ0n) is 15.7. The van der Waals surface area contributed by atoms with Gasteiger partial charge in [-0.15, -0.1) is 0 Å². The van der Waals surface area contributed by atoms with Gasteiger partial charge in [0.2, 0.25) is 0 Å². The van der Waals surface area contributed by atoms with E-state index in [1.54, 1.807) is 5.40 Å². The highest BCUT2D eigenvalue weighted by atomic mass is 32.2. The molecule has 0 amide bonds. The van der Waals surface area contributed by atoms with Gasteiger partial charge in [-0.3, -0.25) is 0 Å². The first-order valence-electron chi connectivity index (χ1n) is 9.37. The molecule has 4 heteroatoms. The fourth-order valence-electron chi connectivity index (χ4n) is 3.17. The number of hydrogen-bond acceptors (Lipinski definition) is 2. The van der Waals surface area contributed by atoms with Crippen molar-refractivity contribution in [1.29, 1.82) is 5.26 Å². The van der Waals surface area contributed by atoms with Gasteiger partial charge >= 0.3 is 0 Å². The summed E-state index contributed by atoms with van der Waals surface area (Å²) in [5.74, 6) is -1.44. The van der Waals surface area contributed by atoms with E-state index in [1.165, 1.54) is 37.0 Å². The molecule has 0 aliphatic rings. The second-order valence-electron chi connectivity index (χ2n) is 6.69. The van der Waals surface area contributed by atoms with Crippen molar-refractivity contribution in [3.8, 4) is 27.7 Å². The third-order valence-electron chi connectivity index (χ3n) is 4.72. The number of thiocyanates is 1. The van der Waals surface area contributed by atoms with E-state index >= 15 is 0 Å². The van der Waals surface area contributed by atoms with Crippen molar-refractivity contribution in [2.24, 2.45) is 0 Å². The summed E-state index contributed by atoms with van der Waals surface area (Å²) in [7, 11) is 0. The fraction of sp³-hybridized carbons (Fsp3) is 0.208. The molecule has 0 N–H and O–H groups in total. The third-order valence-corrected chi connectivity index (χ3v) is 5.41. The molecule has 0 spiro atoms. The van der Waals surface area contributed by atoms with Crippen molar-refractivity contribution >= 4 is 11.8 Å². The molecule has 3 aromatic carbocycles. The highest BCUT2D eigenvalue weighted by Crippen LogP contribution is 2.31. The van der Waals surface area contributed by atoms with Crippen molar-refractivity contribution in [2.75, 3.05) is 0 Å². The predicted octanol–water partition coefficient (Wildman–Crippen LogP) is 7.60. The van der Waals surface area contributed by atoms with Gasteiger partial charge in [0.15, 0.2) is 0 Å². The second kappa shape index (κ2) is 9.52. The quantitative estimate of drug-likeness (QED) is 0.234. The van der Waals surface area contributed by atoms with Crippen molar-refractivity contribution in [2.45, 2.75) is 37.5 Å². The van der Waals surface area contributed by atoms with Crippen LogP contribution in [0.1, 0.15) is 31.7 Å². The van der Waals surface area contributed by atoms with Crippen LogP contribution in [0.3, 0.4) is 0 Å². The summed E-state index contributed by atoms with van der Waals surface area (Å²) in [6.45, 7) is 2.20. The molecule has 0 radical (unpaired) electrons. The number of benzene rings is 3. The number of hydrogen-bond donors (Lipinski definition) is 0. The van der Waals surface area contributed by atoms with Crippen molar-refractivity contribution in [3.63, 3.8) is 0 Å². The Kier molecular flexibility index (Phi) is 6.84. The maximum Gasteiger partial charge on any atom is 0.141 e. The molecule has 0 heterocycles. The van der Waals surface area contributed by atoms with Crippen LogP contribution in [-0.4, -0.2) is 0 Å². The van der Waals surface area contributed by atoms with Gasteiger partial charge in [-0.2, -0.15) is 5.26 Å². The van der Waals surface area contributed by atoms with Gasteiger partial charge in [-0.1, -0.05) is 68.3 Å². The van der Waals surface area contributed by atoms with Crippen LogP contribution in [0.5, 0.6) is 0 Å². The zero-order chi connectivity index (χ0) is 19.9. The largest absolute Gasteiger partial charge is 0.206 e. The molecule has 1 nitrogen and oxygen atoms in total. The molecule has 142 valence electrons. The van der Waals surface area contributed by atoms with Gasteiger partial charge in [0, 0.05) is 0 Å². The summed E-state index contributed by atoms with van der Waals surface area (Å²) in [6, 6.07) is 18.7. The standard InChI is InChI=1S/C24H21F2NS/c1-2-3-4-5-17-6-8-18(9-7-17)19-10-12-20(13-11-19)21-14-22(25)24(28-16-27)23(26)15-21/h6-15H,2-5H2,1H3. The lowest BCUT2D eigenvalue weighted by Crippen LogP contribution is -1.90. The summed E-state index contributed by atoms with van der Waals surface area (Å²) >= 11 is 0.495. The van der Waals surface area contributed by atoms with Gasteiger partial charge in [-0.05, 0) is 64.6 Å². The van der Waals surface area contributed by atoms with Crippen LogP contribution in [0.25, 0.3) is 22.3 Å². The van der Waals surface area contributed by atoms with Crippen LogP contribution < -0.4 is 0 Å². The van der Waals surface area contributed by atoms with Crippen LogP contribution in [0.2, 0.25) is 0 Å². The van der Waals surface area contributed by atoms with E-state index in [4.69, 9.17) is 5.26 Å². The number of nitriles is 1. The van der Waals surface area contributed by atoms with E-state index in [9.17, 15) is 8.78 Å². The summed E-state index contributed by atoms with van der Waals surface area (Å²) in [5.41, 5.74) is 4.70. The van der Waals surface area contributed by atoms with Gasteiger partial charge in [0.1, 0.15) is 17.0 Å². The van der Waals surface area contributed by atoms with E-state index in [1.807, 2.05) is 24.3 Å². The van der Waals surface area contributed by atoms with Crippen LogP contribution in [0, 0.1) is 22.3 Å². The number of nitrogens with zero attached hydrogens (tertiary/aromatic N) is 1. The molecule has 0 unspecified atom stereocenters. The van der Waals surface area contributed by atoms with Crippen LogP contribution in [0.15, 0.2) is 65.6 Å². The minimum atomic E-state index is -0.718. The fourth-order valence-corrected chi connectivity index (χ4v) is 3.57. The SMILES string of the molecule is CCCCCc1ccc(-c2ccc(-c3cc(F)c(SC#N)c(F)c3)cc2)cc1. The first-order valence-corrected chi connectivity index (χ1v) is 10.2. The molecule has 0 atom stereocenters. The maximum absolute atomic E-state index is 14.1. The number of unbranched alkanes of at least 4 members (excludes halogenated alkanes) is 2. The first kappa shape index (κ1) is 20.1. The molecule has 0 aliphatic carbocycles. The van der Waals surface area contributed by atoms with E-state index < -0.39 is 11.6 Å². The molecule has 28 heavy (non-hydrogen) atoms. The average Bonchev–Trinajstić information content (AvgIpc) is 2.71. The minimum Gasteiger partial charge on any atom is -0.206 e. The molecule has 0 saturated carbocycles. The Balaban J connectivity index is 1.78. The summed E-state index contributed by atoms with van der Waals surface area (Å²) in [4.78, 5) is -0.262. The molecular formula is C24H21F2NS. The lowest BCUT2D eigenvalue weighted by atomic mass is 9.98. The number of aryl methyl sites for hydroxylation is 1. The smallest absolute Gasteiger partial charge is 0.141 e. The lowest BCUT2D eigenvalue weighted by molar-refractivity contribution is 0.542. The molecule has 0 bridgehead atoms. The van der Waals surface area contributed by atoms with Gasteiger partial charge in [0.05, 0.1) is 4.90 Å². The van der Waals surface area contributed by atoms with Gasteiger partial charge < -0.3 is 0 Å². The van der Waals surface area contributed by atoms with Crippen molar-refractivity contribution < 1.29 is 8.78 Å². The Morgan fingerprint density at radius 2 is 1.29 bits per heavy atom. The van der Waals surface area contributed by atoms with E-state index in [0.29, 0.717) is 17.3 Å². The Labute approximate surface area is 169 Å². The summed E-state index contributed by atoms with van der Waals surface area (Å²) in [5, 5.41) is 10.3. The molecule has 0 aromatic heterocycles. The number of rotatable bonds is 7. The number of thioether (sulfide) groups is 1. The summed E-state index contributed by atoms with van der Waals surface area (Å²) in [6.07, 6.45) is 4.78. The van der Waals surface area contributed by atoms with Crippen LogP contribution >= 0.6 is 11.8 Å². The predicted molar refractivity (Wildman–Crippen MR) is 112 cm³/mol. The topological polar surface area (TPSA) is 23.8 Å². The highest BCUT2D eigenvalue weighted by molar-refractivity contribution is 8.03. The molecular weight excluding hydrogens is 372 g/mol. The van der Waals surface area contributed by atoms with E-state index in [-0.39, 0.29) is 4.90 Å². The van der Waals surface area contributed by atoms with Crippen molar-refractivity contribution in [1.82, 2.24) is 0 Å². The van der Waals surface area contributed by atoms with Gasteiger partial charge in [-0.25, -0.2) is 8.78 Å². The third kappa shape index (κ3) is 4.79. The van der Waals surface area contributed by atoms with Crippen molar-refractivity contribution in [3.05, 3.63) is 77.9 Å². The molecule has 3 rings (SSSR count). The molecule has 3 aromatic rings. The average molecular weight is 394 g/mol. The molecule has 0 aliphatic heterocycles. The Hall–Kier alpha value is -2.64. The second-order valence-corrected chi connectivity index (χ2v) is 7.49. The van der Waals surface area contributed by atoms with Crippen LogP contribution in [-0.2, 0) is 6.42 Å². The highest BCUT2D eigenvalue weighted by Gasteiger charge is 2.13. The van der Waals surface area contributed by atoms with Gasteiger partial charge in [0.25, 0.3) is 0 Å². The Morgan fingerprint density at radius 1 is 0.786 bits per heavy atom. The zero-order valence-corrected chi connectivity index (χ0v) is 16.5. The number of halogens is 2. The lowest BCUT2D eigenvalue weighted by Gasteiger charge is -2.08. The Morgan fingerprint density at radius 3 is 1.79 bits per heavy atom. The van der Waals surface area contributed by atoms with Crippen LogP contribution in [0.4, 0.5) is 8.78 Å². The molecule has 0 saturated heterocycles. The monoisotopic (exact) mass is 393 g/mol. The maximum atomic E-state index is 14.1. The molecule has 0 fully saturated rings. The van der Waals surface area contributed by atoms with E-state index in [2.05, 4.69) is 31.2 Å². The normalized spacial score (nSPS) is 10.6. The minimum absolute atomic E-state index is 0.262. The first-order chi connectivity index (χ1) is 13.6. The Bertz CT molecular complexity index is 950. The summed E-state index contributed by atoms with van der Waals surface area (Å²) < 4.78 is 28.1.